The molecule has 2 unspecified atom stereocenters. The summed E-state index contributed by atoms with van der Waals surface area (Å²) in [5.74, 6) is 0.724. The Bertz CT molecular complexity index is 1070. The summed E-state index contributed by atoms with van der Waals surface area (Å²) in [6.45, 7) is 2.47. The number of aromatic amines is 1. The van der Waals surface area contributed by atoms with Crippen LogP contribution in [-0.2, 0) is 4.79 Å². The van der Waals surface area contributed by atoms with E-state index in [9.17, 15) is 4.79 Å². The van der Waals surface area contributed by atoms with E-state index in [1.165, 1.54) is 18.9 Å². The number of anilines is 1. The highest BCUT2D eigenvalue weighted by Crippen LogP contribution is 2.46. The lowest BCUT2D eigenvalue weighted by atomic mass is 9.83. The largest absolute Gasteiger partial charge is 0.493 e. The van der Waals surface area contributed by atoms with Crippen molar-refractivity contribution in [2.45, 2.75) is 32.2 Å². The average molecular weight is 505 g/mol. The van der Waals surface area contributed by atoms with Gasteiger partial charge in [0.25, 0.3) is 0 Å². The molecule has 1 aliphatic heterocycles. The smallest absolute Gasteiger partial charge is 0.232 e. The molecule has 1 aliphatic carbocycles. The number of rotatable bonds is 6. The van der Waals surface area contributed by atoms with E-state index in [0.29, 0.717) is 17.9 Å². The van der Waals surface area contributed by atoms with Crippen molar-refractivity contribution in [3.63, 3.8) is 0 Å². The van der Waals surface area contributed by atoms with Gasteiger partial charge < -0.3 is 14.6 Å². The topological polar surface area (TPSA) is 58.2 Å². The fourth-order valence-electron chi connectivity index (χ4n) is 4.05. The van der Waals surface area contributed by atoms with Gasteiger partial charge in [-0.15, -0.1) is 0 Å². The molecule has 29 heavy (non-hydrogen) atoms. The zero-order valence-corrected chi connectivity index (χ0v) is 18.1. The van der Waals surface area contributed by atoms with Gasteiger partial charge in [0, 0.05) is 20.9 Å². The first kappa shape index (κ1) is 18.8. The van der Waals surface area contributed by atoms with Crippen LogP contribution in [0.5, 0.6) is 5.75 Å². The number of β-lactam (4-membered cyclic amide) rings is 1. The molecular weight excluding hydrogens is 484 g/mol. The molecule has 0 spiro atoms. The van der Waals surface area contributed by atoms with E-state index in [1.807, 2.05) is 31.2 Å². The number of nitrogens with one attached hydrogen (secondary N) is 1. The number of fused-ring (bicyclic) bond motifs is 1. The second-order valence-electron chi connectivity index (χ2n) is 7.93. The Kier molecular flexibility index (Phi) is 4.72. The molecule has 2 fully saturated rings. The number of ether oxygens (including phenoxy) is 1. The first-order chi connectivity index (χ1) is 14.0. The summed E-state index contributed by atoms with van der Waals surface area (Å²) >= 11 is 2.15. The van der Waals surface area contributed by atoms with Crippen LogP contribution in [0.3, 0.4) is 0 Å². The van der Waals surface area contributed by atoms with Gasteiger partial charge in [-0.2, -0.15) is 0 Å². The molecule has 2 atom stereocenters. The number of imidazole rings is 1. The summed E-state index contributed by atoms with van der Waals surface area (Å²) in [5, 5.41) is 0. The van der Waals surface area contributed by atoms with Crippen molar-refractivity contribution >= 4 is 45.2 Å². The summed E-state index contributed by atoms with van der Waals surface area (Å²) in [6, 6.07) is 8.61. The van der Waals surface area contributed by atoms with Crippen LogP contribution in [0.2, 0.25) is 0 Å². The third-order valence-corrected chi connectivity index (χ3v) is 6.79. The van der Waals surface area contributed by atoms with Crippen LogP contribution < -0.4 is 9.64 Å². The highest BCUT2D eigenvalue weighted by molar-refractivity contribution is 14.1. The molecule has 2 heterocycles. The standard InChI is InChI=1S/C22H21FIN3O2/c1-12-21(27(22(12)28)14-4-5-18-19(8-14)26-11-25-18)20-16(23)9-15(10-17(20)24)29-7-6-13-2-3-13/h4-5,8-13,21H,2-3,6-7H2,1H3,(H,25,26). The fourth-order valence-corrected chi connectivity index (χ4v) is 4.93. The second-order valence-corrected chi connectivity index (χ2v) is 9.09. The van der Waals surface area contributed by atoms with Crippen molar-refractivity contribution in [2.75, 3.05) is 11.5 Å². The summed E-state index contributed by atoms with van der Waals surface area (Å²) in [5.41, 5.74) is 2.98. The molecule has 1 N–H and O–H groups in total. The van der Waals surface area contributed by atoms with Crippen LogP contribution in [0, 0.1) is 21.2 Å². The van der Waals surface area contributed by atoms with E-state index in [2.05, 4.69) is 32.6 Å². The Balaban J connectivity index is 1.43. The summed E-state index contributed by atoms with van der Waals surface area (Å²) in [7, 11) is 0. The van der Waals surface area contributed by atoms with Crippen LogP contribution in [0.4, 0.5) is 10.1 Å². The highest BCUT2D eigenvalue weighted by atomic mass is 127. The number of halogens is 2. The number of amides is 1. The van der Waals surface area contributed by atoms with Gasteiger partial charge in [-0.05, 0) is 59.2 Å². The quantitative estimate of drug-likeness (QED) is 0.370. The molecule has 150 valence electrons. The molecule has 2 aromatic carbocycles. The third-order valence-electron chi connectivity index (χ3n) is 5.90. The minimum atomic E-state index is -0.338. The fraction of sp³-hybridized carbons (Fsp3) is 0.364. The lowest BCUT2D eigenvalue weighted by molar-refractivity contribution is -0.129. The predicted molar refractivity (Wildman–Crippen MR) is 117 cm³/mol. The molecule has 1 saturated heterocycles. The number of hydrogen-bond donors (Lipinski definition) is 1. The summed E-state index contributed by atoms with van der Waals surface area (Å²) < 4.78 is 21.7. The molecule has 3 aromatic rings. The molecule has 5 rings (SSSR count). The Hall–Kier alpha value is -2.16. The van der Waals surface area contributed by atoms with Crippen LogP contribution in [0.1, 0.15) is 37.8 Å². The molecular formula is C22H21FIN3O2. The van der Waals surface area contributed by atoms with E-state index < -0.39 is 0 Å². The van der Waals surface area contributed by atoms with Crippen molar-refractivity contribution in [3.8, 4) is 5.75 Å². The van der Waals surface area contributed by atoms with Gasteiger partial charge in [0.1, 0.15) is 11.6 Å². The summed E-state index contributed by atoms with van der Waals surface area (Å²) in [6.07, 6.45) is 5.21. The summed E-state index contributed by atoms with van der Waals surface area (Å²) in [4.78, 5) is 21.6. The van der Waals surface area contributed by atoms with Gasteiger partial charge in [0.15, 0.2) is 0 Å². The first-order valence-electron chi connectivity index (χ1n) is 9.91. The van der Waals surface area contributed by atoms with Gasteiger partial charge in [0.05, 0.1) is 35.9 Å². The Labute approximate surface area is 181 Å². The SMILES string of the molecule is CC1C(=O)N(c2ccc3nc[nH]c3c2)C1c1c(F)cc(OCCC2CC2)cc1I. The van der Waals surface area contributed by atoms with E-state index in [-0.39, 0.29) is 23.7 Å². The monoisotopic (exact) mass is 505 g/mol. The third kappa shape index (κ3) is 3.39. The van der Waals surface area contributed by atoms with Crippen LogP contribution >= 0.6 is 22.6 Å². The van der Waals surface area contributed by atoms with Gasteiger partial charge in [-0.25, -0.2) is 9.37 Å². The van der Waals surface area contributed by atoms with E-state index in [1.54, 1.807) is 11.2 Å². The number of carbonyl (C=O) groups is 1. The van der Waals surface area contributed by atoms with E-state index in [0.717, 1.165) is 32.6 Å². The zero-order valence-electron chi connectivity index (χ0n) is 16.0. The van der Waals surface area contributed by atoms with Crippen molar-refractivity contribution in [1.82, 2.24) is 9.97 Å². The molecule has 0 bridgehead atoms. The van der Waals surface area contributed by atoms with Crippen LogP contribution in [-0.4, -0.2) is 22.5 Å². The molecule has 7 heteroatoms. The number of benzene rings is 2. The average Bonchev–Trinajstić information content (AvgIpc) is 3.40. The Morgan fingerprint density at radius 1 is 1.31 bits per heavy atom. The molecule has 5 nitrogen and oxygen atoms in total. The van der Waals surface area contributed by atoms with Gasteiger partial charge in [-0.1, -0.05) is 19.8 Å². The first-order valence-corrected chi connectivity index (χ1v) is 11.0. The lowest BCUT2D eigenvalue weighted by Crippen LogP contribution is -2.54. The maximum absolute atomic E-state index is 15.1. The second kappa shape index (κ2) is 7.27. The molecule has 1 aromatic heterocycles. The number of hydrogen-bond acceptors (Lipinski definition) is 3. The van der Waals surface area contributed by atoms with Crippen molar-refractivity contribution in [1.29, 1.82) is 0 Å². The van der Waals surface area contributed by atoms with Crippen molar-refractivity contribution in [2.24, 2.45) is 11.8 Å². The minimum Gasteiger partial charge on any atom is -0.493 e. The molecule has 1 amide bonds. The van der Waals surface area contributed by atoms with Crippen LogP contribution in [0.15, 0.2) is 36.7 Å². The van der Waals surface area contributed by atoms with Gasteiger partial charge >= 0.3 is 0 Å². The maximum atomic E-state index is 15.1. The number of H-pyrrole nitrogens is 1. The number of aromatic nitrogens is 2. The highest BCUT2D eigenvalue weighted by Gasteiger charge is 2.48. The van der Waals surface area contributed by atoms with Crippen LogP contribution in [0.25, 0.3) is 11.0 Å². The molecule has 1 saturated carbocycles. The molecule has 2 aliphatic rings. The van der Waals surface area contributed by atoms with Crippen molar-refractivity contribution in [3.05, 3.63) is 51.6 Å². The van der Waals surface area contributed by atoms with Crippen molar-refractivity contribution < 1.29 is 13.9 Å². The number of carbonyl (C=O) groups excluding carboxylic acids is 1. The number of nitrogens with zero attached hydrogens (tertiary/aromatic N) is 2. The Morgan fingerprint density at radius 3 is 2.90 bits per heavy atom. The molecule has 0 radical (unpaired) electrons. The normalized spacial score (nSPS) is 21.5. The van der Waals surface area contributed by atoms with Gasteiger partial charge in [0.2, 0.25) is 5.91 Å². The van der Waals surface area contributed by atoms with Gasteiger partial charge in [-0.3, -0.25) is 4.79 Å². The predicted octanol–water partition coefficient (Wildman–Crippen LogP) is 5.21. The lowest BCUT2D eigenvalue weighted by Gasteiger charge is -2.46. The minimum absolute atomic E-state index is 0.00572. The van der Waals surface area contributed by atoms with E-state index >= 15 is 4.39 Å². The maximum Gasteiger partial charge on any atom is 0.232 e. The zero-order chi connectivity index (χ0) is 20.1. The van der Waals surface area contributed by atoms with E-state index in [4.69, 9.17) is 4.74 Å². The Morgan fingerprint density at radius 2 is 2.14 bits per heavy atom.